The van der Waals surface area contributed by atoms with E-state index in [4.69, 9.17) is 14.2 Å². The Bertz CT molecular complexity index is 721. The highest BCUT2D eigenvalue weighted by molar-refractivity contribution is 5.73. The van der Waals surface area contributed by atoms with Crippen LogP contribution in [0.5, 0.6) is 17.2 Å². The van der Waals surface area contributed by atoms with Crippen LogP contribution >= 0.6 is 0 Å². The molecule has 138 valence electrons. The zero-order valence-corrected chi connectivity index (χ0v) is 14.9. The fraction of sp³-hybridized carbons (Fsp3) is 0.350. The average molecular weight is 356 g/mol. The molecule has 1 aliphatic rings. The van der Waals surface area contributed by atoms with Crippen molar-refractivity contribution in [1.29, 1.82) is 0 Å². The minimum Gasteiger partial charge on any atom is -0.492 e. The number of fused-ring (bicyclic) bond motifs is 1. The van der Waals surface area contributed by atoms with Gasteiger partial charge in [0.15, 0.2) is 11.5 Å². The second kappa shape index (κ2) is 8.99. The molecule has 1 unspecified atom stereocenters. The van der Waals surface area contributed by atoms with Gasteiger partial charge in [0.25, 0.3) is 0 Å². The van der Waals surface area contributed by atoms with E-state index in [1.54, 1.807) is 6.07 Å². The van der Waals surface area contributed by atoms with E-state index in [0.717, 1.165) is 12.2 Å². The summed E-state index contributed by atoms with van der Waals surface area (Å²) in [5, 5.41) is 5.66. The Morgan fingerprint density at radius 3 is 2.69 bits per heavy atom. The number of carbonyl (C=O) groups excluding carboxylic acids is 1. The van der Waals surface area contributed by atoms with E-state index in [0.29, 0.717) is 37.1 Å². The summed E-state index contributed by atoms with van der Waals surface area (Å²) in [6.07, 6.45) is 0.894. The molecule has 1 atom stereocenters. The molecule has 2 aromatic carbocycles. The lowest BCUT2D eigenvalue weighted by atomic mass is 9.98. The van der Waals surface area contributed by atoms with E-state index in [1.165, 1.54) is 5.56 Å². The van der Waals surface area contributed by atoms with Crippen LogP contribution in [0.1, 0.15) is 24.8 Å². The van der Waals surface area contributed by atoms with Crippen LogP contribution in [0.25, 0.3) is 0 Å². The topological polar surface area (TPSA) is 68.8 Å². The van der Waals surface area contributed by atoms with Gasteiger partial charge in [0.2, 0.25) is 6.79 Å². The molecule has 6 heteroatoms. The van der Waals surface area contributed by atoms with Crippen molar-refractivity contribution in [1.82, 2.24) is 10.6 Å². The Labute approximate surface area is 153 Å². The van der Waals surface area contributed by atoms with Gasteiger partial charge < -0.3 is 24.8 Å². The number of hydrogen-bond acceptors (Lipinski definition) is 4. The second-order valence-corrected chi connectivity index (χ2v) is 6.15. The van der Waals surface area contributed by atoms with Gasteiger partial charge in [0, 0.05) is 12.6 Å². The van der Waals surface area contributed by atoms with Crippen molar-refractivity contribution in [3.05, 3.63) is 54.1 Å². The quantitative estimate of drug-likeness (QED) is 0.712. The number of amides is 2. The first kappa shape index (κ1) is 17.9. The van der Waals surface area contributed by atoms with Crippen molar-refractivity contribution in [2.75, 3.05) is 26.5 Å². The van der Waals surface area contributed by atoms with Gasteiger partial charge in [0.1, 0.15) is 12.4 Å². The number of hydrogen-bond donors (Lipinski definition) is 2. The molecule has 0 aliphatic carbocycles. The number of nitrogens with one attached hydrogen (secondary N) is 2. The molecule has 0 bridgehead atoms. The lowest BCUT2D eigenvalue weighted by Gasteiger charge is -2.13. The van der Waals surface area contributed by atoms with E-state index < -0.39 is 0 Å². The van der Waals surface area contributed by atoms with Gasteiger partial charge in [-0.25, -0.2) is 4.79 Å². The van der Waals surface area contributed by atoms with E-state index in [9.17, 15) is 4.79 Å². The van der Waals surface area contributed by atoms with Gasteiger partial charge in [0.05, 0.1) is 6.54 Å². The monoisotopic (exact) mass is 356 g/mol. The van der Waals surface area contributed by atoms with E-state index in [1.807, 2.05) is 30.3 Å². The minimum absolute atomic E-state index is 0.181. The van der Waals surface area contributed by atoms with Crippen molar-refractivity contribution < 1.29 is 19.0 Å². The molecule has 0 aromatic heterocycles. The number of ether oxygens (including phenoxy) is 3. The molecule has 0 radical (unpaired) electrons. The first-order valence-electron chi connectivity index (χ1n) is 8.81. The molecule has 0 fully saturated rings. The fourth-order valence-corrected chi connectivity index (χ4v) is 2.71. The van der Waals surface area contributed by atoms with Crippen LogP contribution in [0.3, 0.4) is 0 Å². The van der Waals surface area contributed by atoms with Crippen LogP contribution in [0.4, 0.5) is 4.79 Å². The minimum atomic E-state index is -0.181. The molecule has 1 heterocycles. The average Bonchev–Trinajstić information content (AvgIpc) is 3.13. The van der Waals surface area contributed by atoms with Crippen LogP contribution < -0.4 is 24.8 Å². The summed E-state index contributed by atoms with van der Waals surface area (Å²) in [7, 11) is 0. The molecule has 1 aliphatic heterocycles. The van der Waals surface area contributed by atoms with Crippen molar-refractivity contribution in [2.24, 2.45) is 0 Å². The Morgan fingerprint density at radius 2 is 1.85 bits per heavy atom. The predicted molar refractivity (Wildman–Crippen MR) is 98.9 cm³/mol. The van der Waals surface area contributed by atoms with Gasteiger partial charge in [-0.15, -0.1) is 0 Å². The van der Waals surface area contributed by atoms with Crippen molar-refractivity contribution in [3.8, 4) is 17.2 Å². The Balaban J connectivity index is 1.28. The number of carbonyl (C=O) groups is 1. The summed E-state index contributed by atoms with van der Waals surface area (Å²) < 4.78 is 16.2. The first-order chi connectivity index (χ1) is 12.7. The summed E-state index contributed by atoms with van der Waals surface area (Å²) in [6, 6.07) is 15.5. The summed E-state index contributed by atoms with van der Waals surface area (Å²) in [4.78, 5) is 11.8. The molecule has 26 heavy (non-hydrogen) atoms. The highest BCUT2D eigenvalue weighted by atomic mass is 16.7. The van der Waals surface area contributed by atoms with Gasteiger partial charge >= 0.3 is 6.03 Å². The molecular weight excluding hydrogens is 332 g/mol. The van der Waals surface area contributed by atoms with Crippen molar-refractivity contribution in [3.63, 3.8) is 0 Å². The van der Waals surface area contributed by atoms with Gasteiger partial charge in [-0.3, -0.25) is 0 Å². The number of benzene rings is 2. The molecule has 2 aromatic rings. The molecule has 0 spiro atoms. The van der Waals surface area contributed by atoms with E-state index >= 15 is 0 Å². The fourth-order valence-electron chi connectivity index (χ4n) is 2.71. The summed E-state index contributed by atoms with van der Waals surface area (Å²) in [5.74, 6) is 2.50. The maximum absolute atomic E-state index is 11.8. The molecule has 0 saturated carbocycles. The summed E-state index contributed by atoms with van der Waals surface area (Å²) >= 11 is 0. The van der Waals surface area contributed by atoms with Gasteiger partial charge in [-0.2, -0.15) is 0 Å². The summed E-state index contributed by atoms with van der Waals surface area (Å²) in [5.41, 5.74) is 1.28. The highest BCUT2D eigenvalue weighted by Gasteiger charge is 2.13. The third kappa shape index (κ3) is 5.05. The van der Waals surface area contributed by atoms with Crippen LogP contribution in [-0.2, 0) is 0 Å². The van der Waals surface area contributed by atoms with Gasteiger partial charge in [-0.1, -0.05) is 37.3 Å². The smallest absolute Gasteiger partial charge is 0.314 e. The lowest BCUT2D eigenvalue weighted by Crippen LogP contribution is -2.38. The van der Waals surface area contributed by atoms with Crippen LogP contribution in [0.2, 0.25) is 0 Å². The van der Waals surface area contributed by atoms with E-state index in [2.05, 4.69) is 29.7 Å². The van der Waals surface area contributed by atoms with Crippen LogP contribution in [-0.4, -0.2) is 32.5 Å². The Morgan fingerprint density at radius 1 is 1.08 bits per heavy atom. The summed E-state index contributed by atoms with van der Waals surface area (Å²) in [6.45, 7) is 3.84. The standard InChI is InChI=1S/C20H24N2O4/c1-15(16-5-3-2-4-6-16)9-10-21-20(23)22-11-12-24-17-7-8-18-19(13-17)26-14-25-18/h2-8,13,15H,9-12,14H2,1H3,(H2,21,22,23). The highest BCUT2D eigenvalue weighted by Crippen LogP contribution is 2.34. The van der Waals surface area contributed by atoms with Gasteiger partial charge in [-0.05, 0) is 30.0 Å². The number of urea groups is 1. The van der Waals surface area contributed by atoms with E-state index in [-0.39, 0.29) is 12.8 Å². The van der Waals surface area contributed by atoms with Crippen LogP contribution in [0.15, 0.2) is 48.5 Å². The number of rotatable bonds is 8. The second-order valence-electron chi connectivity index (χ2n) is 6.15. The lowest BCUT2D eigenvalue weighted by molar-refractivity contribution is 0.173. The maximum atomic E-state index is 11.8. The van der Waals surface area contributed by atoms with Crippen molar-refractivity contribution in [2.45, 2.75) is 19.3 Å². The third-order valence-electron chi connectivity index (χ3n) is 4.23. The zero-order valence-electron chi connectivity index (χ0n) is 14.9. The largest absolute Gasteiger partial charge is 0.492 e. The zero-order chi connectivity index (χ0) is 18.2. The maximum Gasteiger partial charge on any atom is 0.314 e. The Hall–Kier alpha value is -2.89. The normalized spacial score (nSPS) is 13.1. The van der Waals surface area contributed by atoms with Crippen LogP contribution in [0, 0.1) is 0 Å². The predicted octanol–water partition coefficient (Wildman–Crippen LogP) is 3.29. The molecule has 0 saturated heterocycles. The molecule has 3 rings (SSSR count). The Kier molecular flexibility index (Phi) is 6.19. The molecular formula is C20H24N2O4. The third-order valence-corrected chi connectivity index (χ3v) is 4.23. The van der Waals surface area contributed by atoms with Crippen molar-refractivity contribution >= 4 is 6.03 Å². The first-order valence-corrected chi connectivity index (χ1v) is 8.81. The molecule has 6 nitrogen and oxygen atoms in total. The SMILES string of the molecule is CC(CCNC(=O)NCCOc1ccc2c(c1)OCO2)c1ccccc1. The molecule has 2 amide bonds. The molecule has 2 N–H and O–H groups in total.